The molecule has 0 aliphatic heterocycles. The fraction of sp³-hybridized carbons (Fsp3) is 0.308. The highest BCUT2D eigenvalue weighted by Crippen LogP contribution is 2.14. The Morgan fingerprint density at radius 2 is 2.10 bits per heavy atom. The Kier molecular flexibility index (Phi) is 3.60. The molecule has 0 aromatic carbocycles. The molecule has 0 aliphatic carbocycles. The van der Waals surface area contributed by atoms with Gasteiger partial charge in [0.2, 0.25) is 5.82 Å². The topological polar surface area (TPSA) is 81.9 Å². The van der Waals surface area contributed by atoms with Crippen molar-refractivity contribution in [3.8, 4) is 11.6 Å². The summed E-state index contributed by atoms with van der Waals surface area (Å²) in [5, 5.41) is 15.6. The van der Waals surface area contributed by atoms with Crippen molar-refractivity contribution < 1.29 is 8.83 Å². The Balaban J connectivity index is 1.56. The molecule has 3 heterocycles. The summed E-state index contributed by atoms with van der Waals surface area (Å²) in [4.78, 5) is 1.58. The van der Waals surface area contributed by atoms with E-state index in [1.54, 1.807) is 29.5 Å². The van der Waals surface area contributed by atoms with E-state index >= 15 is 0 Å². The zero-order valence-corrected chi connectivity index (χ0v) is 11.1. The molecule has 1 unspecified atom stereocenters. The number of hydrogen-bond acceptors (Lipinski definition) is 6. The summed E-state index contributed by atoms with van der Waals surface area (Å²) in [6, 6.07) is 7.49. The normalized spacial score (nSPS) is 12.7. The van der Waals surface area contributed by atoms with Gasteiger partial charge in [-0.25, -0.2) is 0 Å². The number of nitrogens with one attached hydrogen (secondary N) is 1. The molecule has 7 heteroatoms. The summed E-state index contributed by atoms with van der Waals surface area (Å²) in [6.45, 7) is 3.41. The van der Waals surface area contributed by atoms with Crippen LogP contribution in [0.4, 0.5) is 0 Å². The standard InChI is InChI=1S/C13H15N5O2/c1-10(8-14-9-11-4-2-6-19-11)18-16-13(15-17-18)12-5-3-7-20-12/h2-7,10,14H,8-9H2,1H3. The van der Waals surface area contributed by atoms with Gasteiger partial charge in [0.05, 0.1) is 25.1 Å². The van der Waals surface area contributed by atoms with Gasteiger partial charge < -0.3 is 14.2 Å². The average molecular weight is 273 g/mol. The smallest absolute Gasteiger partial charge is 0.240 e. The Morgan fingerprint density at radius 3 is 2.85 bits per heavy atom. The van der Waals surface area contributed by atoms with E-state index in [0.717, 1.165) is 5.76 Å². The molecule has 1 atom stereocenters. The van der Waals surface area contributed by atoms with Crippen LogP contribution in [0, 0.1) is 0 Å². The van der Waals surface area contributed by atoms with Gasteiger partial charge in [-0.05, 0) is 36.4 Å². The largest absolute Gasteiger partial charge is 0.468 e. The van der Waals surface area contributed by atoms with E-state index in [2.05, 4.69) is 20.7 Å². The predicted octanol–water partition coefficient (Wildman–Crippen LogP) is 1.88. The van der Waals surface area contributed by atoms with Gasteiger partial charge in [-0.15, -0.1) is 10.2 Å². The zero-order valence-electron chi connectivity index (χ0n) is 11.1. The molecule has 0 amide bonds. The minimum absolute atomic E-state index is 0.0844. The van der Waals surface area contributed by atoms with Gasteiger partial charge in [-0.3, -0.25) is 0 Å². The highest BCUT2D eigenvalue weighted by molar-refractivity contribution is 5.43. The number of rotatable bonds is 6. The first-order valence-corrected chi connectivity index (χ1v) is 6.39. The SMILES string of the molecule is CC(CNCc1ccco1)n1nnc(-c2ccco2)n1. The lowest BCUT2D eigenvalue weighted by molar-refractivity contribution is 0.389. The molecule has 3 rings (SSSR count). The Labute approximate surface area is 115 Å². The number of hydrogen-bond donors (Lipinski definition) is 1. The first kappa shape index (κ1) is 12.6. The first-order chi connectivity index (χ1) is 9.83. The monoisotopic (exact) mass is 273 g/mol. The third-order valence-electron chi connectivity index (χ3n) is 2.88. The van der Waals surface area contributed by atoms with E-state index in [9.17, 15) is 0 Å². The van der Waals surface area contributed by atoms with E-state index in [4.69, 9.17) is 8.83 Å². The van der Waals surface area contributed by atoms with Crippen molar-refractivity contribution >= 4 is 0 Å². The van der Waals surface area contributed by atoms with E-state index in [1.165, 1.54) is 0 Å². The molecule has 104 valence electrons. The summed E-state index contributed by atoms with van der Waals surface area (Å²) in [7, 11) is 0. The van der Waals surface area contributed by atoms with Crippen LogP contribution < -0.4 is 5.32 Å². The molecule has 0 saturated heterocycles. The second-order valence-corrected chi connectivity index (χ2v) is 4.47. The molecule has 0 saturated carbocycles. The van der Waals surface area contributed by atoms with Crippen LogP contribution in [-0.4, -0.2) is 26.8 Å². The fourth-order valence-electron chi connectivity index (χ4n) is 1.82. The Morgan fingerprint density at radius 1 is 1.25 bits per heavy atom. The van der Waals surface area contributed by atoms with Crippen molar-refractivity contribution in [3.05, 3.63) is 42.6 Å². The Bertz CT molecular complexity index is 630. The second kappa shape index (κ2) is 5.70. The summed E-state index contributed by atoms with van der Waals surface area (Å²) >= 11 is 0. The van der Waals surface area contributed by atoms with Crippen LogP contribution >= 0.6 is 0 Å². The average Bonchev–Trinajstić information content (AvgIpc) is 3.20. The molecule has 3 aromatic heterocycles. The summed E-state index contributed by atoms with van der Waals surface area (Å²) in [6.07, 6.45) is 3.25. The molecule has 0 bridgehead atoms. The molecule has 20 heavy (non-hydrogen) atoms. The first-order valence-electron chi connectivity index (χ1n) is 6.39. The van der Waals surface area contributed by atoms with E-state index in [-0.39, 0.29) is 6.04 Å². The van der Waals surface area contributed by atoms with Crippen LogP contribution in [0.15, 0.2) is 45.6 Å². The molecular formula is C13H15N5O2. The van der Waals surface area contributed by atoms with Crippen molar-refractivity contribution in [3.63, 3.8) is 0 Å². The third kappa shape index (κ3) is 2.77. The minimum Gasteiger partial charge on any atom is -0.468 e. The molecule has 0 fully saturated rings. The predicted molar refractivity (Wildman–Crippen MR) is 70.6 cm³/mol. The maximum absolute atomic E-state index is 5.25. The maximum Gasteiger partial charge on any atom is 0.240 e. The van der Waals surface area contributed by atoms with Crippen molar-refractivity contribution in [2.45, 2.75) is 19.5 Å². The van der Waals surface area contributed by atoms with Gasteiger partial charge >= 0.3 is 0 Å². The van der Waals surface area contributed by atoms with E-state index in [0.29, 0.717) is 24.7 Å². The van der Waals surface area contributed by atoms with Crippen LogP contribution in [-0.2, 0) is 6.54 Å². The Hall–Kier alpha value is -2.41. The van der Waals surface area contributed by atoms with Crippen molar-refractivity contribution in [1.29, 1.82) is 0 Å². The van der Waals surface area contributed by atoms with Gasteiger partial charge in [0.25, 0.3) is 0 Å². The van der Waals surface area contributed by atoms with Gasteiger partial charge in [0.15, 0.2) is 5.76 Å². The quantitative estimate of drug-likeness (QED) is 0.738. The lowest BCUT2D eigenvalue weighted by atomic mass is 10.3. The van der Waals surface area contributed by atoms with Crippen LogP contribution in [0.5, 0.6) is 0 Å². The molecule has 7 nitrogen and oxygen atoms in total. The summed E-state index contributed by atoms with van der Waals surface area (Å²) in [5.74, 6) is 2.01. The lowest BCUT2D eigenvalue weighted by Crippen LogP contribution is -2.24. The highest BCUT2D eigenvalue weighted by atomic mass is 16.3. The van der Waals surface area contributed by atoms with Crippen LogP contribution in [0.2, 0.25) is 0 Å². The van der Waals surface area contributed by atoms with Crippen molar-refractivity contribution in [2.24, 2.45) is 0 Å². The molecule has 1 N–H and O–H groups in total. The molecule has 0 aliphatic rings. The van der Waals surface area contributed by atoms with Gasteiger partial charge in [0.1, 0.15) is 5.76 Å². The molecular weight excluding hydrogens is 258 g/mol. The second-order valence-electron chi connectivity index (χ2n) is 4.47. The van der Waals surface area contributed by atoms with Crippen LogP contribution in [0.25, 0.3) is 11.6 Å². The fourth-order valence-corrected chi connectivity index (χ4v) is 1.82. The van der Waals surface area contributed by atoms with Crippen molar-refractivity contribution in [2.75, 3.05) is 6.54 Å². The number of nitrogens with zero attached hydrogens (tertiary/aromatic N) is 4. The van der Waals surface area contributed by atoms with Gasteiger partial charge in [-0.1, -0.05) is 0 Å². The van der Waals surface area contributed by atoms with E-state index in [1.807, 2.05) is 19.1 Å². The molecule has 0 spiro atoms. The number of tetrazole rings is 1. The van der Waals surface area contributed by atoms with Crippen molar-refractivity contribution in [1.82, 2.24) is 25.5 Å². The third-order valence-corrected chi connectivity index (χ3v) is 2.88. The summed E-state index contributed by atoms with van der Waals surface area (Å²) < 4.78 is 10.5. The lowest BCUT2D eigenvalue weighted by Gasteiger charge is -2.09. The molecule has 3 aromatic rings. The van der Waals surface area contributed by atoms with Crippen LogP contribution in [0.3, 0.4) is 0 Å². The van der Waals surface area contributed by atoms with E-state index < -0.39 is 0 Å². The zero-order chi connectivity index (χ0) is 13.8. The highest BCUT2D eigenvalue weighted by Gasteiger charge is 2.12. The van der Waals surface area contributed by atoms with Crippen LogP contribution in [0.1, 0.15) is 18.7 Å². The van der Waals surface area contributed by atoms with Gasteiger partial charge in [-0.2, -0.15) is 4.80 Å². The van der Waals surface area contributed by atoms with Gasteiger partial charge in [0, 0.05) is 6.54 Å². The minimum atomic E-state index is 0.0844. The number of aromatic nitrogens is 4. The number of furan rings is 2. The maximum atomic E-state index is 5.25. The molecule has 0 radical (unpaired) electrons. The summed E-state index contributed by atoms with van der Waals surface area (Å²) in [5.41, 5.74) is 0.